The summed E-state index contributed by atoms with van der Waals surface area (Å²) in [5.41, 5.74) is 0. The summed E-state index contributed by atoms with van der Waals surface area (Å²) >= 11 is 5.80. The second-order valence-corrected chi connectivity index (χ2v) is 5.70. The summed E-state index contributed by atoms with van der Waals surface area (Å²) < 4.78 is 5.58. The van der Waals surface area contributed by atoms with Crippen LogP contribution in [0.15, 0.2) is 24.3 Å². The second kappa shape index (κ2) is 7.64. The second-order valence-electron chi connectivity index (χ2n) is 5.27. The van der Waals surface area contributed by atoms with Crippen LogP contribution in [-0.2, 0) is 4.79 Å². The van der Waals surface area contributed by atoms with E-state index in [0.29, 0.717) is 31.1 Å². The number of aliphatic hydroxyl groups is 1. The number of aliphatic hydroxyl groups excluding tert-OH is 1. The van der Waals surface area contributed by atoms with Crippen LogP contribution in [0.5, 0.6) is 5.75 Å². The van der Waals surface area contributed by atoms with E-state index < -0.39 is 6.10 Å². The number of carbonyl (C=O) groups is 1. The topological polar surface area (TPSA) is 61.8 Å². The third kappa shape index (κ3) is 4.88. The normalized spacial score (nSPS) is 21.3. The minimum absolute atomic E-state index is 0.0260. The summed E-state index contributed by atoms with van der Waals surface area (Å²) in [6.45, 7) is 1.66. The Kier molecular flexibility index (Phi) is 5.85. The highest BCUT2D eigenvalue weighted by Gasteiger charge is 2.29. The zero-order chi connectivity index (χ0) is 15.2. The first kappa shape index (κ1) is 16.1. The third-order valence-corrected chi connectivity index (χ3v) is 3.75. The Bertz CT molecular complexity index is 466. The molecule has 0 unspecified atom stereocenters. The largest absolute Gasteiger partial charge is 0.494 e. The first-order valence-corrected chi connectivity index (χ1v) is 7.49. The molecular weight excluding hydrogens is 292 g/mol. The number of β-amino-alcohol motifs (C(OH)–C–C–N with tert-alkyl or cyclic N) is 1. The fraction of sp³-hybridized carbons (Fsp3) is 0.533. The molecule has 1 heterocycles. The van der Waals surface area contributed by atoms with Gasteiger partial charge in [0.2, 0.25) is 5.91 Å². The highest BCUT2D eigenvalue weighted by atomic mass is 35.5. The number of nitrogens with one attached hydrogen (secondary N) is 1. The molecule has 116 valence electrons. The van der Waals surface area contributed by atoms with Crippen LogP contribution in [0.3, 0.4) is 0 Å². The molecule has 0 saturated carbocycles. The van der Waals surface area contributed by atoms with Gasteiger partial charge < -0.3 is 20.1 Å². The van der Waals surface area contributed by atoms with Crippen molar-refractivity contribution in [3.8, 4) is 5.75 Å². The van der Waals surface area contributed by atoms with Gasteiger partial charge in [-0.05, 0) is 37.1 Å². The number of hydrogen-bond acceptors (Lipinski definition) is 4. The highest BCUT2D eigenvalue weighted by Crippen LogP contribution is 2.15. The van der Waals surface area contributed by atoms with Gasteiger partial charge in [0, 0.05) is 25.2 Å². The summed E-state index contributed by atoms with van der Waals surface area (Å²) in [7, 11) is 1.77. The maximum absolute atomic E-state index is 12.1. The van der Waals surface area contributed by atoms with Gasteiger partial charge in [0.15, 0.2) is 0 Å². The molecule has 0 radical (unpaired) electrons. The number of amides is 1. The first-order valence-electron chi connectivity index (χ1n) is 7.11. The molecule has 1 aliphatic heterocycles. The number of halogens is 1. The van der Waals surface area contributed by atoms with E-state index in [4.69, 9.17) is 16.3 Å². The van der Waals surface area contributed by atoms with Gasteiger partial charge in [-0.1, -0.05) is 11.6 Å². The Morgan fingerprint density at radius 2 is 2.19 bits per heavy atom. The lowest BCUT2D eigenvalue weighted by Gasteiger charge is -2.21. The Hall–Kier alpha value is -1.30. The molecule has 1 amide bonds. The van der Waals surface area contributed by atoms with E-state index in [0.717, 1.165) is 12.2 Å². The molecule has 2 N–H and O–H groups in total. The van der Waals surface area contributed by atoms with Crippen molar-refractivity contribution in [2.75, 3.05) is 26.7 Å². The Balaban J connectivity index is 1.66. The monoisotopic (exact) mass is 312 g/mol. The molecule has 1 aliphatic rings. The van der Waals surface area contributed by atoms with E-state index in [1.165, 1.54) is 0 Å². The van der Waals surface area contributed by atoms with E-state index in [1.807, 2.05) is 12.1 Å². The zero-order valence-corrected chi connectivity index (χ0v) is 12.8. The molecule has 1 fully saturated rings. The van der Waals surface area contributed by atoms with Gasteiger partial charge in [-0.3, -0.25) is 4.79 Å². The minimum Gasteiger partial charge on any atom is -0.494 e. The SMILES string of the molecule is CN(CCCOc1ccc(Cl)cc1)C(=O)[C@@H]1C[C@@H](O)CN1. The quantitative estimate of drug-likeness (QED) is 0.777. The molecule has 1 saturated heterocycles. The summed E-state index contributed by atoms with van der Waals surface area (Å²) in [6.07, 6.45) is 0.825. The molecule has 0 bridgehead atoms. The van der Waals surface area contributed by atoms with Crippen LogP contribution in [0.1, 0.15) is 12.8 Å². The standard InChI is InChI=1S/C15H21ClN2O3/c1-18(15(20)14-9-12(19)10-17-14)7-2-8-21-13-5-3-11(16)4-6-13/h3-6,12,14,17,19H,2,7-10H2,1H3/t12-,14+/m1/s1. The van der Waals surface area contributed by atoms with Crippen LogP contribution < -0.4 is 10.1 Å². The number of benzene rings is 1. The van der Waals surface area contributed by atoms with Crippen molar-refractivity contribution in [1.82, 2.24) is 10.2 Å². The van der Waals surface area contributed by atoms with Crippen molar-refractivity contribution in [1.29, 1.82) is 0 Å². The van der Waals surface area contributed by atoms with Crippen LogP contribution >= 0.6 is 11.6 Å². The molecular formula is C15H21ClN2O3. The molecule has 5 nitrogen and oxygen atoms in total. The van der Waals surface area contributed by atoms with Crippen molar-refractivity contribution < 1.29 is 14.6 Å². The maximum atomic E-state index is 12.1. The minimum atomic E-state index is -0.416. The number of likely N-dealkylation sites (N-methyl/N-ethyl adjacent to an activating group) is 1. The third-order valence-electron chi connectivity index (χ3n) is 3.50. The zero-order valence-electron chi connectivity index (χ0n) is 12.1. The van der Waals surface area contributed by atoms with Crippen LogP contribution in [-0.4, -0.2) is 54.8 Å². The summed E-state index contributed by atoms with van der Waals surface area (Å²) in [5.74, 6) is 0.798. The Morgan fingerprint density at radius 1 is 1.48 bits per heavy atom. The number of rotatable bonds is 6. The molecule has 2 atom stereocenters. The number of nitrogens with zero attached hydrogens (tertiary/aromatic N) is 1. The molecule has 21 heavy (non-hydrogen) atoms. The lowest BCUT2D eigenvalue weighted by molar-refractivity contribution is -0.132. The highest BCUT2D eigenvalue weighted by molar-refractivity contribution is 6.30. The van der Waals surface area contributed by atoms with Crippen LogP contribution in [0.4, 0.5) is 0 Å². The van der Waals surface area contributed by atoms with Crippen molar-refractivity contribution in [3.63, 3.8) is 0 Å². The fourth-order valence-corrected chi connectivity index (χ4v) is 2.43. The van der Waals surface area contributed by atoms with Gasteiger partial charge in [-0.2, -0.15) is 0 Å². The lowest BCUT2D eigenvalue weighted by Crippen LogP contribution is -2.42. The van der Waals surface area contributed by atoms with Crippen molar-refractivity contribution in [2.24, 2.45) is 0 Å². The van der Waals surface area contributed by atoms with Crippen molar-refractivity contribution in [3.05, 3.63) is 29.3 Å². The Morgan fingerprint density at radius 3 is 2.81 bits per heavy atom. The first-order chi connectivity index (χ1) is 10.1. The average Bonchev–Trinajstić information content (AvgIpc) is 2.91. The van der Waals surface area contributed by atoms with Crippen molar-refractivity contribution >= 4 is 17.5 Å². The van der Waals surface area contributed by atoms with Crippen LogP contribution in [0.2, 0.25) is 5.02 Å². The van der Waals surface area contributed by atoms with E-state index >= 15 is 0 Å². The van der Waals surface area contributed by atoms with Gasteiger partial charge in [-0.25, -0.2) is 0 Å². The molecule has 1 aromatic rings. The van der Waals surface area contributed by atoms with E-state index in [2.05, 4.69) is 5.32 Å². The van der Waals surface area contributed by atoms with Gasteiger partial charge in [0.1, 0.15) is 5.75 Å². The molecule has 0 aromatic heterocycles. The summed E-state index contributed by atoms with van der Waals surface area (Å²) in [5, 5.41) is 13.1. The smallest absolute Gasteiger partial charge is 0.239 e. The van der Waals surface area contributed by atoms with Crippen molar-refractivity contribution in [2.45, 2.75) is 25.0 Å². The van der Waals surface area contributed by atoms with Crippen LogP contribution in [0.25, 0.3) is 0 Å². The van der Waals surface area contributed by atoms with Crippen LogP contribution in [0, 0.1) is 0 Å². The maximum Gasteiger partial charge on any atom is 0.239 e. The number of ether oxygens (including phenoxy) is 1. The molecule has 1 aromatic carbocycles. The number of carbonyl (C=O) groups excluding carboxylic acids is 1. The predicted octanol–water partition coefficient (Wildman–Crippen LogP) is 1.29. The summed E-state index contributed by atoms with van der Waals surface area (Å²) in [4.78, 5) is 13.8. The van der Waals surface area contributed by atoms with Gasteiger partial charge >= 0.3 is 0 Å². The lowest BCUT2D eigenvalue weighted by atomic mass is 10.2. The van der Waals surface area contributed by atoms with Gasteiger partial charge in [0.05, 0.1) is 18.8 Å². The predicted molar refractivity (Wildman–Crippen MR) is 81.6 cm³/mol. The van der Waals surface area contributed by atoms with E-state index in [9.17, 15) is 9.90 Å². The van der Waals surface area contributed by atoms with E-state index in [-0.39, 0.29) is 11.9 Å². The molecule has 2 rings (SSSR count). The average molecular weight is 313 g/mol. The fourth-order valence-electron chi connectivity index (χ4n) is 2.30. The molecule has 6 heteroatoms. The molecule has 0 spiro atoms. The summed E-state index contributed by atoms with van der Waals surface area (Å²) in [6, 6.07) is 6.94. The van der Waals surface area contributed by atoms with Gasteiger partial charge in [-0.15, -0.1) is 0 Å². The Labute approximate surface area is 129 Å². The molecule has 0 aliphatic carbocycles. The number of hydrogen-bond donors (Lipinski definition) is 2. The van der Waals surface area contributed by atoms with E-state index in [1.54, 1.807) is 24.1 Å². The van der Waals surface area contributed by atoms with Gasteiger partial charge in [0.25, 0.3) is 0 Å².